The minimum Gasteiger partial charge on any atom is -0.506 e. The lowest BCUT2D eigenvalue weighted by Gasteiger charge is -2.12. The average molecular weight is 480 g/mol. The van der Waals surface area contributed by atoms with Crippen LogP contribution >= 0.6 is 27.7 Å². The first-order valence-corrected chi connectivity index (χ1v) is 9.44. The van der Waals surface area contributed by atoms with Crippen molar-refractivity contribution in [1.29, 1.82) is 0 Å². The first-order chi connectivity index (χ1) is 13.7. The molecule has 0 atom stereocenters. The minimum absolute atomic E-state index is 0.00640. The molecule has 29 heavy (non-hydrogen) atoms. The zero-order valence-corrected chi connectivity index (χ0v) is 16.7. The number of nitro benzene ring substituents is 2. The predicted octanol–water partition coefficient (Wildman–Crippen LogP) is 4.21. The van der Waals surface area contributed by atoms with Crippen molar-refractivity contribution >= 4 is 56.3 Å². The Morgan fingerprint density at radius 1 is 1.07 bits per heavy atom. The van der Waals surface area contributed by atoms with Crippen LogP contribution in [0.5, 0.6) is 5.75 Å². The van der Waals surface area contributed by atoms with Crippen LogP contribution in [-0.4, -0.2) is 31.0 Å². The summed E-state index contributed by atoms with van der Waals surface area (Å²) in [7, 11) is 0. The zero-order chi connectivity index (χ0) is 21.3. The first kappa shape index (κ1) is 20.5. The van der Waals surface area contributed by atoms with E-state index < -0.39 is 21.0 Å². The van der Waals surface area contributed by atoms with Gasteiger partial charge in [0.05, 0.1) is 25.8 Å². The van der Waals surface area contributed by atoms with Gasteiger partial charge in [-0.1, -0.05) is 12.1 Å². The number of phenols is 1. The van der Waals surface area contributed by atoms with Crippen LogP contribution in [-0.2, 0) is 11.3 Å². The molecule has 0 aliphatic carbocycles. The van der Waals surface area contributed by atoms with Crippen LogP contribution in [0.2, 0.25) is 0 Å². The van der Waals surface area contributed by atoms with E-state index in [1.165, 1.54) is 30.3 Å². The number of phenolic OH excluding ortho intramolecular Hbond substituents is 1. The van der Waals surface area contributed by atoms with Crippen molar-refractivity contribution in [2.45, 2.75) is 6.54 Å². The van der Waals surface area contributed by atoms with E-state index in [-0.39, 0.29) is 38.6 Å². The van der Waals surface area contributed by atoms with E-state index in [1.807, 2.05) is 0 Å². The molecule has 1 saturated heterocycles. The van der Waals surface area contributed by atoms with Gasteiger partial charge in [-0.05, 0) is 39.3 Å². The number of carbonyl (C=O) groups is 2. The number of nitro groups is 2. The lowest BCUT2D eigenvalue weighted by molar-refractivity contribution is -0.385. The summed E-state index contributed by atoms with van der Waals surface area (Å²) in [6.07, 6.45) is 1.20. The number of amides is 2. The second kappa shape index (κ2) is 8.01. The monoisotopic (exact) mass is 479 g/mol. The Balaban J connectivity index is 1.87. The largest absolute Gasteiger partial charge is 0.506 e. The fraction of sp³-hybridized carbons (Fsp3) is 0.0588. The molecule has 1 heterocycles. The number of rotatable bonds is 5. The van der Waals surface area contributed by atoms with Crippen molar-refractivity contribution in [3.05, 3.63) is 77.1 Å². The van der Waals surface area contributed by atoms with E-state index in [2.05, 4.69) is 15.9 Å². The molecule has 10 nitrogen and oxygen atoms in total. The molecule has 1 aliphatic heterocycles. The Morgan fingerprint density at radius 2 is 1.69 bits per heavy atom. The Morgan fingerprint density at radius 3 is 2.28 bits per heavy atom. The van der Waals surface area contributed by atoms with Crippen LogP contribution in [0.15, 0.2) is 45.8 Å². The van der Waals surface area contributed by atoms with Gasteiger partial charge in [-0.3, -0.25) is 34.7 Å². The Bertz CT molecular complexity index is 1090. The summed E-state index contributed by atoms with van der Waals surface area (Å²) in [6, 6.07) is 7.62. The maximum absolute atomic E-state index is 12.6. The highest BCUT2D eigenvalue weighted by Gasteiger charge is 2.35. The van der Waals surface area contributed by atoms with Gasteiger partial charge in [0.2, 0.25) is 0 Å². The molecular formula is C17H10BrN3O7S. The first-order valence-electron chi connectivity index (χ1n) is 7.83. The molecule has 12 heteroatoms. The van der Waals surface area contributed by atoms with Gasteiger partial charge >= 0.3 is 0 Å². The number of nitrogens with zero attached hydrogens (tertiary/aromatic N) is 3. The lowest BCUT2D eigenvalue weighted by atomic mass is 10.1. The number of hydrogen-bond donors (Lipinski definition) is 1. The van der Waals surface area contributed by atoms with Crippen molar-refractivity contribution in [3.63, 3.8) is 0 Å². The maximum Gasteiger partial charge on any atom is 0.293 e. The van der Waals surface area contributed by atoms with E-state index in [1.54, 1.807) is 0 Å². The number of hydrogen-bond acceptors (Lipinski definition) is 8. The summed E-state index contributed by atoms with van der Waals surface area (Å²) < 4.78 is 0.0723. The van der Waals surface area contributed by atoms with Crippen LogP contribution in [0.4, 0.5) is 16.2 Å². The number of non-ortho nitro benzene ring substituents is 2. The fourth-order valence-corrected chi connectivity index (χ4v) is 3.80. The lowest BCUT2D eigenvalue weighted by Crippen LogP contribution is -2.27. The Labute approximate surface area is 175 Å². The summed E-state index contributed by atoms with van der Waals surface area (Å²) >= 11 is 3.64. The van der Waals surface area contributed by atoms with Gasteiger partial charge in [-0.2, -0.15) is 0 Å². The van der Waals surface area contributed by atoms with Gasteiger partial charge in [-0.25, -0.2) is 0 Å². The normalized spacial score (nSPS) is 15.2. The van der Waals surface area contributed by atoms with E-state index in [0.29, 0.717) is 17.3 Å². The van der Waals surface area contributed by atoms with Crippen molar-refractivity contribution < 1.29 is 24.5 Å². The molecule has 0 saturated carbocycles. The van der Waals surface area contributed by atoms with Crippen LogP contribution in [0.25, 0.3) is 6.08 Å². The average Bonchev–Trinajstić information content (AvgIpc) is 2.93. The SMILES string of the molecule is O=C1S/C(=C\c2cc([N+](=O)[O-])cc(Br)c2O)C(=O)N1Cc1ccc([N+](=O)[O-])cc1. The van der Waals surface area contributed by atoms with Crippen LogP contribution in [0.3, 0.4) is 0 Å². The van der Waals surface area contributed by atoms with E-state index in [4.69, 9.17) is 0 Å². The molecule has 3 rings (SSSR count). The van der Waals surface area contributed by atoms with E-state index >= 15 is 0 Å². The number of aromatic hydroxyl groups is 1. The predicted molar refractivity (Wildman–Crippen MR) is 107 cm³/mol. The summed E-state index contributed by atoms with van der Waals surface area (Å²) in [5, 5.41) is 31.2. The third-order valence-corrected chi connectivity index (χ3v) is 5.45. The van der Waals surface area contributed by atoms with E-state index in [0.717, 1.165) is 17.0 Å². The summed E-state index contributed by atoms with van der Waals surface area (Å²) in [5.41, 5.74) is 0.104. The molecule has 0 spiro atoms. The third-order valence-electron chi connectivity index (χ3n) is 3.94. The van der Waals surface area contributed by atoms with Crippen LogP contribution < -0.4 is 0 Å². The molecule has 148 valence electrons. The van der Waals surface area contributed by atoms with Gasteiger partial charge in [0.25, 0.3) is 22.5 Å². The minimum atomic E-state index is -0.651. The molecule has 1 fully saturated rings. The molecule has 0 aromatic heterocycles. The number of carbonyl (C=O) groups excluding carboxylic acids is 2. The fourth-order valence-electron chi connectivity index (χ4n) is 2.50. The summed E-state index contributed by atoms with van der Waals surface area (Å²) in [6.45, 7) is -0.0926. The van der Waals surface area contributed by atoms with Gasteiger partial charge < -0.3 is 5.11 Å². The highest BCUT2D eigenvalue weighted by atomic mass is 79.9. The van der Waals surface area contributed by atoms with Gasteiger partial charge in [-0.15, -0.1) is 0 Å². The molecule has 2 aromatic rings. The molecule has 0 unspecified atom stereocenters. The van der Waals surface area contributed by atoms with Gasteiger partial charge in [0.15, 0.2) is 0 Å². The number of imide groups is 1. The van der Waals surface area contributed by atoms with Crippen molar-refractivity contribution in [2.75, 3.05) is 0 Å². The number of halogens is 1. The summed E-state index contributed by atoms with van der Waals surface area (Å²) in [4.78, 5) is 46.2. The summed E-state index contributed by atoms with van der Waals surface area (Å²) in [5.74, 6) is -0.946. The smallest absolute Gasteiger partial charge is 0.293 e. The van der Waals surface area contributed by atoms with Crippen molar-refractivity contribution in [2.24, 2.45) is 0 Å². The van der Waals surface area contributed by atoms with Crippen LogP contribution in [0.1, 0.15) is 11.1 Å². The maximum atomic E-state index is 12.6. The number of thioether (sulfide) groups is 1. The Hall–Kier alpha value is -3.25. The molecule has 2 amide bonds. The molecule has 0 radical (unpaired) electrons. The highest BCUT2D eigenvalue weighted by molar-refractivity contribution is 9.10. The quantitative estimate of drug-likeness (QED) is 0.381. The molecule has 0 bridgehead atoms. The van der Waals surface area contributed by atoms with Gasteiger partial charge in [0.1, 0.15) is 5.75 Å². The molecule has 1 aliphatic rings. The van der Waals surface area contributed by atoms with E-state index in [9.17, 15) is 34.9 Å². The van der Waals surface area contributed by atoms with Crippen molar-refractivity contribution in [1.82, 2.24) is 4.90 Å². The highest BCUT2D eigenvalue weighted by Crippen LogP contribution is 2.38. The molecular weight excluding hydrogens is 470 g/mol. The second-order valence-electron chi connectivity index (χ2n) is 5.81. The molecule has 1 N–H and O–H groups in total. The van der Waals surface area contributed by atoms with Gasteiger partial charge in [0, 0.05) is 29.8 Å². The molecule has 2 aromatic carbocycles. The third kappa shape index (κ3) is 4.27. The topological polar surface area (TPSA) is 144 Å². The second-order valence-corrected chi connectivity index (χ2v) is 7.66. The Kier molecular flexibility index (Phi) is 5.66. The zero-order valence-electron chi connectivity index (χ0n) is 14.3. The number of benzene rings is 2. The standard InChI is InChI=1S/C17H10BrN3O7S/c18-13-7-12(21(27)28)5-10(15(13)22)6-14-16(23)19(17(24)29-14)8-9-1-3-11(4-2-9)20(25)26/h1-7,22H,8H2/b14-6-. The van der Waals surface area contributed by atoms with Crippen molar-refractivity contribution in [3.8, 4) is 5.75 Å². The van der Waals surface area contributed by atoms with Crippen LogP contribution in [0, 0.1) is 20.2 Å².